The van der Waals surface area contributed by atoms with Gasteiger partial charge in [0.05, 0.1) is 0 Å². The zero-order valence-corrected chi connectivity index (χ0v) is 14.6. The second kappa shape index (κ2) is 8.75. The van der Waals surface area contributed by atoms with Crippen molar-refractivity contribution in [3.63, 3.8) is 0 Å². The zero-order valence-electron chi connectivity index (χ0n) is 14.6. The Hall–Kier alpha value is -3.22. The zero-order chi connectivity index (χ0) is 18.2. The van der Waals surface area contributed by atoms with Gasteiger partial charge in [0.15, 0.2) is 11.8 Å². The molecule has 1 aromatic carbocycles. The molecule has 134 valence electrons. The molecular formula is C19H21FN6. The summed E-state index contributed by atoms with van der Waals surface area (Å²) in [5, 5.41) is 10.7. The first-order valence-corrected chi connectivity index (χ1v) is 8.38. The van der Waals surface area contributed by atoms with Crippen LogP contribution in [0.25, 0.3) is 5.82 Å². The lowest BCUT2D eigenvalue weighted by molar-refractivity contribution is 0.626. The van der Waals surface area contributed by atoms with Gasteiger partial charge in [-0.3, -0.25) is 4.99 Å². The number of hydrogen-bond acceptors (Lipinski definition) is 3. The summed E-state index contributed by atoms with van der Waals surface area (Å²) in [7, 11) is 1.73. The molecule has 0 saturated carbocycles. The van der Waals surface area contributed by atoms with Gasteiger partial charge in [-0.05, 0) is 47.9 Å². The molecule has 0 saturated heterocycles. The van der Waals surface area contributed by atoms with Crippen LogP contribution in [0, 0.1) is 5.82 Å². The highest BCUT2D eigenvalue weighted by molar-refractivity contribution is 5.79. The van der Waals surface area contributed by atoms with E-state index in [9.17, 15) is 4.39 Å². The molecule has 2 heterocycles. The third-order valence-electron chi connectivity index (χ3n) is 3.85. The van der Waals surface area contributed by atoms with Gasteiger partial charge in [0.2, 0.25) is 0 Å². The van der Waals surface area contributed by atoms with Crippen molar-refractivity contribution in [1.82, 2.24) is 25.4 Å². The second-order valence-electron chi connectivity index (χ2n) is 5.70. The number of rotatable bonds is 6. The van der Waals surface area contributed by atoms with Crippen LogP contribution in [0.3, 0.4) is 0 Å². The number of pyridine rings is 1. The van der Waals surface area contributed by atoms with E-state index in [4.69, 9.17) is 0 Å². The van der Waals surface area contributed by atoms with E-state index in [1.165, 1.54) is 12.1 Å². The number of aromatic nitrogens is 3. The lowest BCUT2D eigenvalue weighted by Crippen LogP contribution is -2.37. The first-order valence-electron chi connectivity index (χ1n) is 8.38. The average Bonchev–Trinajstić information content (AvgIpc) is 3.21. The normalized spacial score (nSPS) is 11.4. The summed E-state index contributed by atoms with van der Waals surface area (Å²) in [6, 6.07) is 12.3. The van der Waals surface area contributed by atoms with Crippen LogP contribution >= 0.6 is 0 Å². The smallest absolute Gasteiger partial charge is 0.191 e. The minimum absolute atomic E-state index is 0.217. The van der Waals surface area contributed by atoms with Crippen molar-refractivity contribution in [3.8, 4) is 5.82 Å². The summed E-state index contributed by atoms with van der Waals surface area (Å²) in [5.74, 6) is 1.27. The average molecular weight is 352 g/mol. The van der Waals surface area contributed by atoms with E-state index in [2.05, 4.69) is 25.7 Å². The number of nitrogens with one attached hydrogen (secondary N) is 2. The van der Waals surface area contributed by atoms with Crippen LogP contribution in [0.2, 0.25) is 0 Å². The van der Waals surface area contributed by atoms with Crippen molar-refractivity contribution in [2.75, 3.05) is 13.6 Å². The van der Waals surface area contributed by atoms with Crippen LogP contribution < -0.4 is 10.6 Å². The number of hydrogen-bond donors (Lipinski definition) is 2. The molecular weight excluding hydrogens is 331 g/mol. The first-order chi connectivity index (χ1) is 12.7. The number of guanidine groups is 1. The predicted octanol–water partition coefficient (Wildman–Crippen LogP) is 2.31. The maximum Gasteiger partial charge on any atom is 0.191 e. The Kier molecular flexibility index (Phi) is 5.92. The van der Waals surface area contributed by atoms with E-state index < -0.39 is 0 Å². The third-order valence-corrected chi connectivity index (χ3v) is 3.85. The topological polar surface area (TPSA) is 67.1 Å². The molecule has 0 aliphatic heterocycles. The molecule has 0 fully saturated rings. The molecule has 3 rings (SSSR count). The van der Waals surface area contributed by atoms with Crippen molar-refractivity contribution < 1.29 is 4.39 Å². The molecule has 7 heteroatoms. The van der Waals surface area contributed by atoms with Gasteiger partial charge < -0.3 is 10.6 Å². The summed E-state index contributed by atoms with van der Waals surface area (Å²) in [5.41, 5.74) is 2.15. The number of nitrogens with zero attached hydrogens (tertiary/aromatic N) is 4. The second-order valence-corrected chi connectivity index (χ2v) is 5.70. The molecule has 3 aromatic rings. The van der Waals surface area contributed by atoms with Crippen LogP contribution in [0.5, 0.6) is 0 Å². The molecule has 0 bridgehead atoms. The van der Waals surface area contributed by atoms with E-state index in [0.717, 1.165) is 23.4 Å². The Labute approximate surface area is 151 Å². The molecule has 0 amide bonds. The van der Waals surface area contributed by atoms with E-state index in [1.54, 1.807) is 36.3 Å². The highest BCUT2D eigenvalue weighted by Crippen LogP contribution is 2.06. The Bertz CT molecular complexity index is 843. The van der Waals surface area contributed by atoms with E-state index in [0.29, 0.717) is 19.0 Å². The molecule has 2 aromatic heterocycles. The van der Waals surface area contributed by atoms with Gasteiger partial charge in [-0.2, -0.15) is 5.10 Å². The minimum atomic E-state index is -0.217. The van der Waals surface area contributed by atoms with Crippen LogP contribution in [0.1, 0.15) is 11.1 Å². The SMILES string of the molecule is CN=C(NCCc1ccc(F)cc1)NCc1ccnc(-n2cccn2)c1. The van der Waals surface area contributed by atoms with Crippen molar-refractivity contribution in [2.24, 2.45) is 4.99 Å². The Balaban J connectivity index is 1.49. The van der Waals surface area contributed by atoms with Gasteiger partial charge in [-0.1, -0.05) is 12.1 Å². The summed E-state index contributed by atoms with van der Waals surface area (Å²) in [6.45, 7) is 1.33. The highest BCUT2D eigenvalue weighted by Gasteiger charge is 2.02. The summed E-state index contributed by atoms with van der Waals surface area (Å²) < 4.78 is 14.6. The summed E-state index contributed by atoms with van der Waals surface area (Å²) in [6.07, 6.45) is 6.13. The Morgan fingerprint density at radius 1 is 1.12 bits per heavy atom. The molecule has 0 radical (unpaired) electrons. The maximum atomic E-state index is 12.9. The molecule has 0 aliphatic rings. The molecule has 26 heavy (non-hydrogen) atoms. The van der Waals surface area contributed by atoms with Crippen molar-refractivity contribution in [2.45, 2.75) is 13.0 Å². The Morgan fingerprint density at radius 2 is 1.96 bits per heavy atom. The van der Waals surface area contributed by atoms with Gasteiger partial charge in [0.1, 0.15) is 5.82 Å². The monoisotopic (exact) mass is 352 g/mol. The summed E-state index contributed by atoms with van der Waals surface area (Å²) >= 11 is 0. The lowest BCUT2D eigenvalue weighted by Gasteiger charge is -2.12. The van der Waals surface area contributed by atoms with Crippen molar-refractivity contribution in [1.29, 1.82) is 0 Å². The molecule has 0 atom stereocenters. The molecule has 6 nitrogen and oxygen atoms in total. The minimum Gasteiger partial charge on any atom is -0.356 e. The van der Waals surface area contributed by atoms with Crippen molar-refractivity contribution >= 4 is 5.96 Å². The number of aliphatic imine (C=N–C) groups is 1. The predicted molar refractivity (Wildman–Crippen MR) is 99.7 cm³/mol. The molecule has 2 N–H and O–H groups in total. The van der Waals surface area contributed by atoms with Crippen LogP contribution in [-0.2, 0) is 13.0 Å². The standard InChI is InChI=1S/C19H21FN6/c1-21-19(23-11-7-15-3-5-17(20)6-4-15)24-14-16-8-10-22-18(13-16)26-12-2-9-25-26/h2-6,8-10,12-13H,7,11,14H2,1H3,(H2,21,23,24). The van der Waals surface area contributed by atoms with Gasteiger partial charge in [-0.25, -0.2) is 14.1 Å². The highest BCUT2D eigenvalue weighted by atomic mass is 19.1. The van der Waals surface area contributed by atoms with Crippen molar-refractivity contribution in [3.05, 3.63) is 78.0 Å². The van der Waals surface area contributed by atoms with Crippen LogP contribution in [0.4, 0.5) is 4.39 Å². The fourth-order valence-corrected chi connectivity index (χ4v) is 2.48. The number of halogens is 1. The largest absolute Gasteiger partial charge is 0.356 e. The number of benzene rings is 1. The quantitative estimate of drug-likeness (QED) is 0.528. The van der Waals surface area contributed by atoms with Gasteiger partial charge in [-0.15, -0.1) is 0 Å². The van der Waals surface area contributed by atoms with Gasteiger partial charge >= 0.3 is 0 Å². The maximum absolute atomic E-state index is 12.9. The third kappa shape index (κ3) is 4.89. The van der Waals surface area contributed by atoms with E-state index in [-0.39, 0.29) is 5.82 Å². The fraction of sp³-hybridized carbons (Fsp3) is 0.211. The first kappa shape index (κ1) is 17.6. The van der Waals surface area contributed by atoms with Crippen LogP contribution in [0.15, 0.2) is 66.0 Å². The van der Waals surface area contributed by atoms with Gasteiger partial charge in [0.25, 0.3) is 0 Å². The fourth-order valence-electron chi connectivity index (χ4n) is 2.48. The Morgan fingerprint density at radius 3 is 2.69 bits per heavy atom. The van der Waals surface area contributed by atoms with Crippen LogP contribution in [-0.4, -0.2) is 34.3 Å². The molecule has 0 aliphatic carbocycles. The van der Waals surface area contributed by atoms with E-state index >= 15 is 0 Å². The van der Waals surface area contributed by atoms with E-state index in [1.807, 2.05) is 24.4 Å². The molecule has 0 spiro atoms. The summed E-state index contributed by atoms with van der Waals surface area (Å²) in [4.78, 5) is 8.54. The van der Waals surface area contributed by atoms with Gasteiger partial charge in [0, 0.05) is 38.7 Å². The molecule has 0 unspecified atom stereocenters. The lowest BCUT2D eigenvalue weighted by atomic mass is 10.1.